The van der Waals surface area contributed by atoms with E-state index in [9.17, 15) is 0 Å². The summed E-state index contributed by atoms with van der Waals surface area (Å²) in [5.41, 5.74) is 2.12. The summed E-state index contributed by atoms with van der Waals surface area (Å²) in [6, 6.07) is 17.3. The summed E-state index contributed by atoms with van der Waals surface area (Å²) in [4.78, 5) is 4.01. The Morgan fingerprint density at radius 2 is 1.83 bits per heavy atom. The lowest BCUT2D eigenvalue weighted by molar-refractivity contribution is 0.847. The van der Waals surface area contributed by atoms with Gasteiger partial charge in [0, 0.05) is 18.5 Å². The van der Waals surface area contributed by atoms with E-state index in [4.69, 9.17) is 22.1 Å². The summed E-state index contributed by atoms with van der Waals surface area (Å²) in [7, 11) is 0. The molecule has 0 aliphatic carbocycles. The van der Waals surface area contributed by atoms with E-state index in [1.165, 1.54) is 11.8 Å². The average Bonchev–Trinajstić information content (AvgIpc) is 2.60. The number of nitrogens with zero attached hydrogens (tertiary/aromatic N) is 3. The quantitative estimate of drug-likeness (QED) is 0.635. The van der Waals surface area contributed by atoms with Crippen molar-refractivity contribution < 1.29 is 0 Å². The standard InChI is InChI=1S/C17H13ClN4S/c18-16-7-6-14(10-21-16)11-22-17(15(8-19)9-20)23-12-13-4-2-1-3-5-13/h1-7,10,22H,11-12H2. The number of thioether (sulfide) groups is 1. The molecule has 0 aliphatic heterocycles. The summed E-state index contributed by atoms with van der Waals surface area (Å²) in [5, 5.41) is 22.4. The predicted molar refractivity (Wildman–Crippen MR) is 92.1 cm³/mol. The lowest BCUT2D eigenvalue weighted by Gasteiger charge is -2.11. The fourth-order valence-corrected chi connectivity index (χ4v) is 2.79. The molecule has 1 heterocycles. The molecular weight excluding hydrogens is 328 g/mol. The van der Waals surface area contributed by atoms with Crippen molar-refractivity contribution in [1.82, 2.24) is 10.3 Å². The van der Waals surface area contributed by atoms with Crippen LogP contribution in [0, 0.1) is 22.7 Å². The van der Waals surface area contributed by atoms with Gasteiger partial charge in [-0.1, -0.05) is 48.0 Å². The zero-order valence-electron chi connectivity index (χ0n) is 12.2. The second kappa shape index (κ2) is 8.85. The number of hydrogen-bond donors (Lipinski definition) is 1. The van der Waals surface area contributed by atoms with Gasteiger partial charge in [-0.25, -0.2) is 4.98 Å². The highest BCUT2D eigenvalue weighted by Gasteiger charge is 2.08. The molecule has 1 N–H and O–H groups in total. The van der Waals surface area contributed by atoms with Crippen molar-refractivity contribution in [2.75, 3.05) is 0 Å². The zero-order valence-corrected chi connectivity index (χ0v) is 13.7. The molecule has 2 rings (SSSR count). The van der Waals surface area contributed by atoms with E-state index in [-0.39, 0.29) is 5.57 Å². The molecule has 0 amide bonds. The number of nitrogens with one attached hydrogen (secondary N) is 1. The zero-order chi connectivity index (χ0) is 16.5. The van der Waals surface area contributed by atoms with Crippen LogP contribution < -0.4 is 5.32 Å². The van der Waals surface area contributed by atoms with Crippen LogP contribution in [-0.2, 0) is 12.3 Å². The molecule has 0 aliphatic rings. The normalized spacial score (nSPS) is 9.52. The number of aromatic nitrogens is 1. The molecule has 23 heavy (non-hydrogen) atoms. The maximum atomic E-state index is 9.11. The first-order valence-electron chi connectivity index (χ1n) is 6.78. The topological polar surface area (TPSA) is 72.5 Å². The number of hydrogen-bond acceptors (Lipinski definition) is 5. The van der Waals surface area contributed by atoms with E-state index in [0.29, 0.717) is 22.5 Å². The van der Waals surface area contributed by atoms with Gasteiger partial charge in [0.2, 0.25) is 0 Å². The maximum Gasteiger partial charge on any atom is 0.159 e. The van der Waals surface area contributed by atoms with Crippen molar-refractivity contribution >= 4 is 23.4 Å². The smallest absolute Gasteiger partial charge is 0.159 e. The predicted octanol–water partition coefficient (Wildman–Crippen LogP) is 4.02. The highest BCUT2D eigenvalue weighted by molar-refractivity contribution is 8.02. The molecule has 0 saturated heterocycles. The molecule has 6 heteroatoms. The molecule has 1 aromatic heterocycles. The molecule has 0 bridgehead atoms. The Morgan fingerprint density at radius 1 is 1.09 bits per heavy atom. The number of allylic oxidation sites excluding steroid dienone is 1. The van der Waals surface area contributed by atoms with Gasteiger partial charge < -0.3 is 5.32 Å². The van der Waals surface area contributed by atoms with Gasteiger partial charge in [-0.05, 0) is 17.2 Å². The minimum absolute atomic E-state index is 0.0767. The van der Waals surface area contributed by atoms with Gasteiger partial charge in [-0.3, -0.25) is 0 Å². The Hall–Kier alpha value is -2.47. The van der Waals surface area contributed by atoms with Crippen LogP contribution >= 0.6 is 23.4 Å². The van der Waals surface area contributed by atoms with Crippen LogP contribution in [0.25, 0.3) is 0 Å². The Bertz CT molecular complexity index is 742. The van der Waals surface area contributed by atoms with E-state index in [1.54, 1.807) is 12.3 Å². The summed E-state index contributed by atoms with van der Waals surface area (Å²) < 4.78 is 0. The monoisotopic (exact) mass is 340 g/mol. The Kier molecular flexibility index (Phi) is 6.50. The van der Waals surface area contributed by atoms with Crippen LogP contribution in [0.1, 0.15) is 11.1 Å². The van der Waals surface area contributed by atoms with Crippen molar-refractivity contribution in [3.05, 3.63) is 75.5 Å². The first-order valence-corrected chi connectivity index (χ1v) is 8.15. The fourth-order valence-electron chi connectivity index (χ4n) is 1.76. The van der Waals surface area contributed by atoms with Crippen molar-refractivity contribution in [3.8, 4) is 12.1 Å². The van der Waals surface area contributed by atoms with Crippen molar-refractivity contribution in [2.24, 2.45) is 0 Å². The lowest BCUT2D eigenvalue weighted by atomic mass is 10.2. The summed E-state index contributed by atoms with van der Waals surface area (Å²) in [6.45, 7) is 0.466. The van der Waals surface area contributed by atoms with E-state index < -0.39 is 0 Å². The van der Waals surface area contributed by atoms with E-state index in [1.807, 2.05) is 48.5 Å². The van der Waals surface area contributed by atoms with Crippen LogP contribution in [0.15, 0.2) is 59.3 Å². The lowest BCUT2D eigenvalue weighted by Crippen LogP contribution is -2.13. The van der Waals surface area contributed by atoms with Crippen LogP contribution in [0.3, 0.4) is 0 Å². The largest absolute Gasteiger partial charge is 0.374 e. The molecule has 2 aromatic rings. The highest BCUT2D eigenvalue weighted by Crippen LogP contribution is 2.22. The van der Waals surface area contributed by atoms with Crippen LogP contribution in [0.2, 0.25) is 5.15 Å². The van der Waals surface area contributed by atoms with Gasteiger partial charge in [0.1, 0.15) is 17.3 Å². The molecule has 0 fully saturated rings. The van der Waals surface area contributed by atoms with Crippen LogP contribution in [-0.4, -0.2) is 4.98 Å². The maximum absolute atomic E-state index is 9.11. The molecule has 0 radical (unpaired) electrons. The van der Waals surface area contributed by atoms with Crippen molar-refractivity contribution in [2.45, 2.75) is 12.3 Å². The Morgan fingerprint density at radius 3 is 2.43 bits per heavy atom. The molecule has 0 spiro atoms. The average molecular weight is 341 g/mol. The third-order valence-electron chi connectivity index (χ3n) is 2.92. The third kappa shape index (κ3) is 5.34. The minimum Gasteiger partial charge on any atom is -0.374 e. The summed E-state index contributed by atoms with van der Waals surface area (Å²) in [5.74, 6) is 0.675. The molecule has 0 unspecified atom stereocenters. The number of benzene rings is 1. The first-order chi connectivity index (χ1) is 11.2. The highest BCUT2D eigenvalue weighted by atomic mass is 35.5. The van der Waals surface area contributed by atoms with E-state index in [0.717, 1.165) is 11.1 Å². The number of rotatable bonds is 6. The van der Waals surface area contributed by atoms with Gasteiger partial charge in [0.05, 0.1) is 5.03 Å². The Labute approximate surface area is 144 Å². The number of nitriles is 2. The molecule has 114 valence electrons. The van der Waals surface area contributed by atoms with E-state index in [2.05, 4.69) is 10.3 Å². The van der Waals surface area contributed by atoms with Gasteiger partial charge in [0.25, 0.3) is 0 Å². The van der Waals surface area contributed by atoms with Gasteiger partial charge in [0.15, 0.2) is 5.57 Å². The first kappa shape index (κ1) is 16.9. The molecule has 1 aromatic carbocycles. The summed E-state index contributed by atoms with van der Waals surface area (Å²) >= 11 is 7.19. The SMILES string of the molecule is N#CC(C#N)=C(NCc1ccc(Cl)nc1)SCc1ccccc1. The van der Waals surface area contributed by atoms with E-state index >= 15 is 0 Å². The molecule has 4 nitrogen and oxygen atoms in total. The second-order valence-corrected chi connectivity index (χ2v) is 5.92. The van der Waals surface area contributed by atoms with Crippen molar-refractivity contribution in [1.29, 1.82) is 10.5 Å². The second-order valence-electron chi connectivity index (χ2n) is 4.54. The minimum atomic E-state index is 0.0767. The van der Waals surface area contributed by atoms with Gasteiger partial charge >= 0.3 is 0 Å². The molecule has 0 saturated carbocycles. The summed E-state index contributed by atoms with van der Waals surface area (Å²) in [6.07, 6.45) is 1.66. The fraction of sp³-hybridized carbons (Fsp3) is 0.118. The van der Waals surface area contributed by atoms with Gasteiger partial charge in [-0.15, -0.1) is 11.8 Å². The Balaban J connectivity index is 2.06. The number of pyridine rings is 1. The molecule has 0 atom stereocenters. The third-order valence-corrected chi connectivity index (χ3v) is 4.26. The number of halogens is 1. The molecular formula is C17H13ClN4S. The van der Waals surface area contributed by atoms with Gasteiger partial charge in [-0.2, -0.15) is 10.5 Å². The van der Waals surface area contributed by atoms with Crippen molar-refractivity contribution in [3.63, 3.8) is 0 Å². The van der Waals surface area contributed by atoms with Crippen LogP contribution in [0.4, 0.5) is 0 Å². The van der Waals surface area contributed by atoms with Crippen LogP contribution in [0.5, 0.6) is 0 Å².